The third-order valence-corrected chi connectivity index (χ3v) is 2.68. The van der Waals surface area contributed by atoms with Crippen molar-refractivity contribution in [3.05, 3.63) is 33.8 Å². The Morgan fingerprint density at radius 3 is 2.62 bits per heavy atom. The minimum atomic E-state index is 0.0369. The Kier molecular flexibility index (Phi) is 5.26. The SMILES string of the molecule is CC(C)NCCC(=O)c1ccc(Cl)cc1Cl. The monoisotopic (exact) mass is 259 g/mol. The zero-order chi connectivity index (χ0) is 12.1. The number of benzene rings is 1. The van der Waals surface area contributed by atoms with Crippen molar-refractivity contribution in [1.82, 2.24) is 5.32 Å². The molecule has 4 heteroatoms. The molecule has 1 aromatic rings. The second-order valence-electron chi connectivity index (χ2n) is 3.91. The predicted octanol–water partition coefficient (Wildman–Crippen LogP) is 3.56. The lowest BCUT2D eigenvalue weighted by Gasteiger charge is -2.08. The minimum Gasteiger partial charge on any atom is -0.314 e. The van der Waals surface area contributed by atoms with Gasteiger partial charge in [-0.25, -0.2) is 0 Å². The summed E-state index contributed by atoms with van der Waals surface area (Å²) in [5, 5.41) is 4.15. The van der Waals surface area contributed by atoms with Crippen LogP contribution in [0.4, 0.5) is 0 Å². The van der Waals surface area contributed by atoms with Gasteiger partial charge in [0.1, 0.15) is 0 Å². The average molecular weight is 260 g/mol. The molecular formula is C12H15Cl2NO. The molecule has 0 fully saturated rings. The fraction of sp³-hybridized carbons (Fsp3) is 0.417. The van der Waals surface area contributed by atoms with Crippen molar-refractivity contribution in [2.75, 3.05) is 6.54 Å². The fourth-order valence-electron chi connectivity index (χ4n) is 1.32. The van der Waals surface area contributed by atoms with Gasteiger partial charge >= 0.3 is 0 Å². The first kappa shape index (κ1) is 13.5. The number of hydrogen-bond acceptors (Lipinski definition) is 2. The molecule has 1 aromatic carbocycles. The molecule has 88 valence electrons. The van der Waals surface area contributed by atoms with E-state index in [4.69, 9.17) is 23.2 Å². The highest BCUT2D eigenvalue weighted by molar-refractivity contribution is 6.36. The van der Waals surface area contributed by atoms with E-state index in [0.29, 0.717) is 34.6 Å². The lowest BCUT2D eigenvalue weighted by Crippen LogP contribution is -2.25. The van der Waals surface area contributed by atoms with Crippen LogP contribution in [0.1, 0.15) is 30.6 Å². The number of Topliss-reactive ketones (excluding diaryl/α,β-unsaturated/α-hetero) is 1. The van der Waals surface area contributed by atoms with Gasteiger partial charge in [-0.05, 0) is 18.2 Å². The van der Waals surface area contributed by atoms with Crippen LogP contribution in [0.15, 0.2) is 18.2 Å². The van der Waals surface area contributed by atoms with Gasteiger partial charge in [0.05, 0.1) is 5.02 Å². The van der Waals surface area contributed by atoms with Crippen LogP contribution in [0.3, 0.4) is 0 Å². The number of carbonyl (C=O) groups excluding carboxylic acids is 1. The number of hydrogen-bond donors (Lipinski definition) is 1. The van der Waals surface area contributed by atoms with Crippen molar-refractivity contribution in [3.63, 3.8) is 0 Å². The normalized spacial score (nSPS) is 10.8. The molecule has 0 aliphatic carbocycles. The van der Waals surface area contributed by atoms with Crippen molar-refractivity contribution in [3.8, 4) is 0 Å². The Morgan fingerprint density at radius 2 is 2.06 bits per heavy atom. The Hall–Kier alpha value is -0.570. The maximum atomic E-state index is 11.8. The van der Waals surface area contributed by atoms with E-state index < -0.39 is 0 Å². The molecule has 1 rings (SSSR count). The summed E-state index contributed by atoms with van der Waals surface area (Å²) in [5.74, 6) is 0.0369. The highest BCUT2D eigenvalue weighted by Crippen LogP contribution is 2.21. The van der Waals surface area contributed by atoms with Crippen LogP contribution >= 0.6 is 23.2 Å². The first-order chi connectivity index (χ1) is 7.50. The summed E-state index contributed by atoms with van der Waals surface area (Å²) < 4.78 is 0. The van der Waals surface area contributed by atoms with Crippen molar-refractivity contribution >= 4 is 29.0 Å². The maximum Gasteiger partial charge on any atom is 0.165 e. The molecule has 0 bridgehead atoms. The lowest BCUT2D eigenvalue weighted by atomic mass is 10.1. The smallest absolute Gasteiger partial charge is 0.165 e. The van der Waals surface area contributed by atoms with Crippen LogP contribution in [-0.2, 0) is 0 Å². The third-order valence-electron chi connectivity index (χ3n) is 2.14. The predicted molar refractivity (Wildman–Crippen MR) is 68.5 cm³/mol. The minimum absolute atomic E-state index is 0.0369. The van der Waals surface area contributed by atoms with Crippen LogP contribution < -0.4 is 5.32 Å². The van der Waals surface area contributed by atoms with Gasteiger partial charge in [0, 0.05) is 29.6 Å². The van der Waals surface area contributed by atoms with Crippen LogP contribution in [0, 0.1) is 0 Å². The summed E-state index contributed by atoms with van der Waals surface area (Å²) in [7, 11) is 0. The molecule has 0 atom stereocenters. The molecule has 0 aromatic heterocycles. The molecule has 0 amide bonds. The van der Waals surface area contributed by atoms with E-state index in [1.54, 1.807) is 18.2 Å². The summed E-state index contributed by atoms with van der Waals surface area (Å²) >= 11 is 11.7. The number of ketones is 1. The molecular weight excluding hydrogens is 245 g/mol. The Bertz CT molecular complexity index is 377. The fourth-order valence-corrected chi connectivity index (χ4v) is 1.84. The average Bonchev–Trinajstić information content (AvgIpc) is 2.16. The summed E-state index contributed by atoms with van der Waals surface area (Å²) in [6.07, 6.45) is 0.444. The van der Waals surface area contributed by atoms with Gasteiger partial charge in [0.15, 0.2) is 5.78 Å². The van der Waals surface area contributed by atoms with Crippen LogP contribution in [0.5, 0.6) is 0 Å². The zero-order valence-electron chi connectivity index (χ0n) is 9.39. The summed E-state index contributed by atoms with van der Waals surface area (Å²) in [5.41, 5.74) is 0.539. The Labute approximate surface area is 106 Å². The van der Waals surface area contributed by atoms with E-state index in [1.165, 1.54) is 0 Å². The number of halogens is 2. The lowest BCUT2D eigenvalue weighted by molar-refractivity contribution is 0.0982. The molecule has 0 spiro atoms. The molecule has 0 unspecified atom stereocenters. The molecule has 0 aliphatic rings. The van der Waals surface area contributed by atoms with Crippen molar-refractivity contribution in [2.45, 2.75) is 26.3 Å². The largest absolute Gasteiger partial charge is 0.314 e. The molecule has 1 N–H and O–H groups in total. The van der Waals surface area contributed by atoms with Gasteiger partial charge < -0.3 is 5.32 Å². The van der Waals surface area contributed by atoms with Crippen LogP contribution in [0.2, 0.25) is 10.0 Å². The van der Waals surface area contributed by atoms with Gasteiger partial charge in [-0.15, -0.1) is 0 Å². The zero-order valence-corrected chi connectivity index (χ0v) is 10.9. The summed E-state index contributed by atoms with van der Waals surface area (Å²) in [6.45, 7) is 4.74. The molecule has 0 saturated heterocycles. The van der Waals surface area contributed by atoms with E-state index in [0.717, 1.165) is 0 Å². The summed E-state index contributed by atoms with van der Waals surface area (Å²) in [4.78, 5) is 11.8. The molecule has 16 heavy (non-hydrogen) atoms. The topological polar surface area (TPSA) is 29.1 Å². The van der Waals surface area contributed by atoms with Gasteiger partial charge in [0.2, 0.25) is 0 Å². The first-order valence-corrected chi connectivity index (χ1v) is 5.98. The number of carbonyl (C=O) groups is 1. The van der Waals surface area contributed by atoms with E-state index >= 15 is 0 Å². The summed E-state index contributed by atoms with van der Waals surface area (Å²) in [6, 6.07) is 5.32. The van der Waals surface area contributed by atoms with E-state index in [2.05, 4.69) is 5.32 Å². The highest BCUT2D eigenvalue weighted by Gasteiger charge is 2.10. The first-order valence-electron chi connectivity index (χ1n) is 5.22. The number of rotatable bonds is 5. The maximum absolute atomic E-state index is 11.8. The van der Waals surface area contributed by atoms with E-state index in [9.17, 15) is 4.79 Å². The van der Waals surface area contributed by atoms with Gasteiger partial charge in [0.25, 0.3) is 0 Å². The number of nitrogens with one attached hydrogen (secondary N) is 1. The van der Waals surface area contributed by atoms with Gasteiger partial charge in [-0.2, -0.15) is 0 Å². The second kappa shape index (κ2) is 6.24. The Balaban J connectivity index is 2.59. The molecule has 0 aliphatic heterocycles. The van der Waals surface area contributed by atoms with Gasteiger partial charge in [-0.3, -0.25) is 4.79 Å². The van der Waals surface area contributed by atoms with Crippen molar-refractivity contribution < 1.29 is 4.79 Å². The molecule has 0 radical (unpaired) electrons. The molecule has 0 saturated carbocycles. The van der Waals surface area contributed by atoms with Crippen LogP contribution in [-0.4, -0.2) is 18.4 Å². The van der Waals surface area contributed by atoms with E-state index in [-0.39, 0.29) is 5.78 Å². The van der Waals surface area contributed by atoms with Crippen LogP contribution in [0.25, 0.3) is 0 Å². The third kappa shape index (κ3) is 4.12. The second-order valence-corrected chi connectivity index (χ2v) is 4.75. The van der Waals surface area contributed by atoms with E-state index in [1.807, 2.05) is 13.8 Å². The quantitative estimate of drug-likeness (QED) is 0.820. The molecule has 0 heterocycles. The van der Waals surface area contributed by atoms with Gasteiger partial charge in [-0.1, -0.05) is 37.0 Å². The standard InChI is InChI=1S/C12H15Cl2NO/c1-8(2)15-6-5-12(16)10-4-3-9(13)7-11(10)14/h3-4,7-8,15H,5-6H2,1-2H3. The molecule has 2 nitrogen and oxygen atoms in total. The Morgan fingerprint density at radius 1 is 1.38 bits per heavy atom. The van der Waals surface area contributed by atoms with Crippen molar-refractivity contribution in [2.24, 2.45) is 0 Å². The van der Waals surface area contributed by atoms with Crippen molar-refractivity contribution in [1.29, 1.82) is 0 Å². The highest BCUT2D eigenvalue weighted by atomic mass is 35.5.